The molecule has 0 radical (unpaired) electrons. The van der Waals surface area contributed by atoms with Crippen LogP contribution in [0.4, 0.5) is 0 Å². The van der Waals surface area contributed by atoms with Crippen molar-refractivity contribution in [2.24, 2.45) is 0 Å². The summed E-state index contributed by atoms with van der Waals surface area (Å²) in [5, 5.41) is 0. The molecular weight excluding hydrogens is 291 g/mol. The summed E-state index contributed by atoms with van der Waals surface area (Å²) in [7, 11) is 0. The molecule has 0 saturated carbocycles. The summed E-state index contributed by atoms with van der Waals surface area (Å²) in [6.07, 6.45) is 12.7. The summed E-state index contributed by atoms with van der Waals surface area (Å²) in [5.74, 6) is 0. The molecule has 1 unspecified atom stereocenters. The molecule has 1 aliphatic rings. The predicted octanol–water partition coefficient (Wildman–Crippen LogP) is 2.62. The van der Waals surface area contributed by atoms with E-state index < -0.39 is 0 Å². The molecule has 0 aromatic carbocycles. The van der Waals surface area contributed by atoms with Gasteiger partial charge in [-0.15, -0.1) is 0 Å². The quantitative estimate of drug-likeness (QED) is 0.645. The fourth-order valence-electron chi connectivity index (χ4n) is 0.867. The monoisotopic (exact) mass is 302 g/mol. The molecule has 0 spiro atoms. The second-order valence-corrected chi connectivity index (χ2v) is 3.90. The van der Waals surface area contributed by atoms with E-state index in [-0.39, 0.29) is 0 Å². The van der Waals surface area contributed by atoms with Crippen molar-refractivity contribution in [1.29, 1.82) is 0 Å². The van der Waals surface area contributed by atoms with Crippen LogP contribution in [0.5, 0.6) is 0 Å². The van der Waals surface area contributed by atoms with Crippen LogP contribution in [-0.4, -0.2) is 0 Å². The van der Waals surface area contributed by atoms with E-state index in [9.17, 15) is 0 Å². The van der Waals surface area contributed by atoms with Crippen LogP contribution in [0.2, 0.25) is 4.31 Å². The SMILES string of the molecule is [Pt][CH]1C=CC=CCCC1. The topological polar surface area (TPSA) is 0 Å². The van der Waals surface area contributed by atoms with E-state index in [1.165, 1.54) is 19.3 Å². The van der Waals surface area contributed by atoms with Crippen molar-refractivity contribution in [3.8, 4) is 0 Å². The Hall–Kier alpha value is 0.168. The van der Waals surface area contributed by atoms with Gasteiger partial charge in [-0.1, -0.05) is 0 Å². The molecule has 0 amide bonds. The van der Waals surface area contributed by atoms with Crippen molar-refractivity contribution in [1.82, 2.24) is 0 Å². The van der Waals surface area contributed by atoms with E-state index in [1.807, 2.05) is 0 Å². The fraction of sp³-hybridized carbons (Fsp3) is 0.500. The maximum atomic E-state index is 2.46. The van der Waals surface area contributed by atoms with Gasteiger partial charge < -0.3 is 0 Å². The predicted molar refractivity (Wildman–Crippen MR) is 35.9 cm³/mol. The summed E-state index contributed by atoms with van der Waals surface area (Å²) < 4.78 is 0.759. The van der Waals surface area contributed by atoms with Gasteiger partial charge in [-0.2, -0.15) is 0 Å². The number of allylic oxidation sites excluding steroid dienone is 4. The van der Waals surface area contributed by atoms with Crippen LogP contribution in [0.3, 0.4) is 0 Å². The zero-order chi connectivity index (χ0) is 6.53. The average Bonchev–Trinajstić information content (AvgIpc) is 1.79. The van der Waals surface area contributed by atoms with E-state index in [0.29, 0.717) is 0 Å². The van der Waals surface area contributed by atoms with Gasteiger partial charge in [0, 0.05) is 0 Å². The summed E-state index contributed by atoms with van der Waals surface area (Å²) in [6.45, 7) is 0. The van der Waals surface area contributed by atoms with Crippen molar-refractivity contribution in [2.45, 2.75) is 23.6 Å². The molecule has 0 heterocycles. The zero-order valence-corrected chi connectivity index (χ0v) is 7.60. The Bertz CT molecular complexity index is 125. The Balaban J connectivity index is 2.44. The number of hydrogen-bond donors (Lipinski definition) is 0. The molecule has 0 fully saturated rings. The van der Waals surface area contributed by atoms with Crippen molar-refractivity contribution in [2.75, 3.05) is 0 Å². The van der Waals surface area contributed by atoms with E-state index in [2.05, 4.69) is 44.1 Å². The molecule has 0 nitrogen and oxygen atoms in total. The van der Waals surface area contributed by atoms with Gasteiger partial charge in [0.25, 0.3) is 0 Å². The van der Waals surface area contributed by atoms with Gasteiger partial charge in [-0.25, -0.2) is 0 Å². The maximum absolute atomic E-state index is 2.46. The van der Waals surface area contributed by atoms with E-state index in [4.69, 9.17) is 0 Å². The minimum atomic E-state index is 0.759. The molecule has 0 aromatic rings. The Morgan fingerprint density at radius 2 is 2.22 bits per heavy atom. The fourth-order valence-corrected chi connectivity index (χ4v) is 1.58. The molecule has 53 valence electrons. The van der Waals surface area contributed by atoms with Crippen LogP contribution < -0.4 is 0 Å². The number of rotatable bonds is 0. The van der Waals surface area contributed by atoms with Gasteiger partial charge in [-0.05, 0) is 0 Å². The molecule has 1 rings (SSSR count). The molecule has 9 heavy (non-hydrogen) atoms. The van der Waals surface area contributed by atoms with Crippen molar-refractivity contribution in [3.05, 3.63) is 24.3 Å². The molecule has 0 saturated heterocycles. The first-order valence-corrected chi connectivity index (χ1v) is 4.64. The van der Waals surface area contributed by atoms with Gasteiger partial charge in [0.1, 0.15) is 0 Å². The van der Waals surface area contributed by atoms with Crippen LogP contribution in [0.1, 0.15) is 19.3 Å². The minimum absolute atomic E-state index is 0.759. The summed E-state index contributed by atoms with van der Waals surface area (Å²) in [6, 6.07) is 0. The van der Waals surface area contributed by atoms with Gasteiger partial charge in [0.05, 0.1) is 0 Å². The first-order valence-electron chi connectivity index (χ1n) is 3.33. The van der Waals surface area contributed by atoms with Crippen LogP contribution in [0.15, 0.2) is 24.3 Å². The summed E-state index contributed by atoms with van der Waals surface area (Å²) in [4.78, 5) is 0. The van der Waals surface area contributed by atoms with Crippen LogP contribution >= 0.6 is 0 Å². The zero-order valence-electron chi connectivity index (χ0n) is 5.32. The third-order valence-electron chi connectivity index (χ3n) is 1.39. The first-order chi connectivity index (χ1) is 4.39. The third kappa shape index (κ3) is 3.01. The summed E-state index contributed by atoms with van der Waals surface area (Å²) in [5.41, 5.74) is 0. The summed E-state index contributed by atoms with van der Waals surface area (Å²) >= 11 is 2.46. The molecule has 0 bridgehead atoms. The van der Waals surface area contributed by atoms with Gasteiger partial charge in [-0.3, -0.25) is 0 Å². The second kappa shape index (κ2) is 4.06. The first kappa shape index (κ1) is 7.28. The van der Waals surface area contributed by atoms with Crippen LogP contribution in [0, 0.1) is 0 Å². The standard InChI is InChI=1S/C8H11.Pt/c1-2-4-6-8-7-5-3-1;/h1-5H,6-8H2;. The Morgan fingerprint density at radius 3 is 3.11 bits per heavy atom. The van der Waals surface area contributed by atoms with E-state index >= 15 is 0 Å². The molecular formula is C8H11Pt. The molecule has 0 aromatic heterocycles. The molecule has 1 heteroatoms. The van der Waals surface area contributed by atoms with E-state index in [1.54, 1.807) is 0 Å². The Labute approximate surface area is 67.9 Å². The number of hydrogen-bond acceptors (Lipinski definition) is 0. The molecule has 1 aliphatic carbocycles. The van der Waals surface area contributed by atoms with E-state index in [0.717, 1.165) is 4.31 Å². The van der Waals surface area contributed by atoms with Crippen LogP contribution in [-0.2, 0) is 19.8 Å². The normalized spacial score (nSPS) is 27.6. The molecule has 0 aliphatic heterocycles. The van der Waals surface area contributed by atoms with Crippen LogP contribution in [0.25, 0.3) is 0 Å². The van der Waals surface area contributed by atoms with Gasteiger partial charge >= 0.3 is 67.7 Å². The third-order valence-corrected chi connectivity index (χ3v) is 2.48. The molecule has 1 atom stereocenters. The van der Waals surface area contributed by atoms with Gasteiger partial charge in [0.15, 0.2) is 0 Å². The molecule has 0 N–H and O–H groups in total. The van der Waals surface area contributed by atoms with Crippen molar-refractivity contribution < 1.29 is 19.8 Å². The average molecular weight is 302 g/mol. The van der Waals surface area contributed by atoms with Crippen molar-refractivity contribution >= 4 is 0 Å². The second-order valence-electron chi connectivity index (χ2n) is 2.21. The van der Waals surface area contributed by atoms with Crippen molar-refractivity contribution in [3.63, 3.8) is 0 Å². The Kier molecular flexibility index (Phi) is 3.28. The van der Waals surface area contributed by atoms with Gasteiger partial charge in [0.2, 0.25) is 0 Å². The Morgan fingerprint density at radius 1 is 1.33 bits per heavy atom.